The fourth-order valence-corrected chi connectivity index (χ4v) is 1.94. The molecule has 15 heavy (non-hydrogen) atoms. The zero-order chi connectivity index (χ0) is 11.4. The molecule has 1 rings (SSSR count). The van der Waals surface area contributed by atoms with E-state index in [-0.39, 0.29) is 5.56 Å². The van der Waals surface area contributed by atoms with E-state index < -0.39 is 5.97 Å². The van der Waals surface area contributed by atoms with Crippen LogP contribution in [0.2, 0.25) is 0 Å². The number of halogens is 1. The van der Waals surface area contributed by atoms with Crippen molar-refractivity contribution in [2.45, 2.75) is 33.2 Å². The number of aromatic carboxylic acids is 1. The standard InChI is InChI=1S/C10H15BrN2O2/c1-3-7(4-2)6-13-9(11)8(5-12-13)10(14)15/h5,7H,3-4,6H2,1-2H3,(H,14,15). The first kappa shape index (κ1) is 12.2. The molecule has 0 aromatic carbocycles. The quantitative estimate of drug-likeness (QED) is 0.898. The van der Waals surface area contributed by atoms with Crippen molar-refractivity contribution in [3.63, 3.8) is 0 Å². The van der Waals surface area contributed by atoms with Gasteiger partial charge in [0.05, 0.1) is 6.20 Å². The zero-order valence-electron chi connectivity index (χ0n) is 8.90. The first-order valence-electron chi connectivity index (χ1n) is 5.04. The lowest BCUT2D eigenvalue weighted by Gasteiger charge is -2.12. The van der Waals surface area contributed by atoms with E-state index in [1.54, 1.807) is 4.68 Å². The van der Waals surface area contributed by atoms with Crippen LogP contribution in [0.3, 0.4) is 0 Å². The van der Waals surface area contributed by atoms with Crippen LogP contribution in [0.15, 0.2) is 10.8 Å². The molecule has 0 atom stereocenters. The van der Waals surface area contributed by atoms with Crippen LogP contribution in [0.4, 0.5) is 0 Å². The van der Waals surface area contributed by atoms with Gasteiger partial charge in [-0.05, 0) is 21.8 Å². The van der Waals surface area contributed by atoms with Crippen molar-refractivity contribution in [2.24, 2.45) is 5.92 Å². The molecule has 0 unspecified atom stereocenters. The second-order valence-electron chi connectivity index (χ2n) is 3.52. The molecule has 4 nitrogen and oxygen atoms in total. The van der Waals surface area contributed by atoms with Crippen molar-refractivity contribution in [3.8, 4) is 0 Å². The number of hydrogen-bond acceptors (Lipinski definition) is 2. The summed E-state index contributed by atoms with van der Waals surface area (Å²) in [6.07, 6.45) is 3.53. The maximum Gasteiger partial charge on any atom is 0.340 e. The number of carboxylic acid groups (broad SMARTS) is 1. The molecular formula is C10H15BrN2O2. The van der Waals surface area contributed by atoms with Gasteiger partial charge in [0, 0.05) is 6.54 Å². The predicted molar refractivity (Wildman–Crippen MR) is 61.0 cm³/mol. The number of carbonyl (C=O) groups is 1. The Labute approximate surface area is 97.4 Å². The first-order chi connectivity index (χ1) is 7.10. The Hall–Kier alpha value is -0.840. The molecule has 0 aliphatic heterocycles. The Kier molecular flexibility index (Phi) is 4.32. The topological polar surface area (TPSA) is 55.1 Å². The molecule has 0 spiro atoms. The Morgan fingerprint density at radius 3 is 2.60 bits per heavy atom. The van der Waals surface area contributed by atoms with Crippen molar-refractivity contribution in [1.82, 2.24) is 9.78 Å². The van der Waals surface area contributed by atoms with Crippen LogP contribution >= 0.6 is 15.9 Å². The van der Waals surface area contributed by atoms with Crippen LogP contribution < -0.4 is 0 Å². The average molecular weight is 275 g/mol. The molecule has 0 saturated heterocycles. The monoisotopic (exact) mass is 274 g/mol. The number of rotatable bonds is 5. The Morgan fingerprint density at radius 2 is 2.20 bits per heavy atom. The minimum atomic E-state index is -0.947. The summed E-state index contributed by atoms with van der Waals surface area (Å²) in [5, 5.41) is 12.9. The van der Waals surface area contributed by atoms with Gasteiger partial charge in [-0.15, -0.1) is 0 Å². The number of carboxylic acids is 1. The molecule has 1 aromatic rings. The summed E-state index contributed by atoms with van der Waals surface area (Å²) in [6, 6.07) is 0. The number of nitrogens with zero attached hydrogens (tertiary/aromatic N) is 2. The molecule has 1 aromatic heterocycles. The molecule has 0 saturated carbocycles. The third kappa shape index (κ3) is 2.81. The minimum Gasteiger partial charge on any atom is -0.478 e. The molecule has 1 heterocycles. The predicted octanol–water partition coefficient (Wildman–Crippen LogP) is 2.78. The highest BCUT2D eigenvalue weighted by Gasteiger charge is 2.15. The highest BCUT2D eigenvalue weighted by molar-refractivity contribution is 9.10. The smallest absolute Gasteiger partial charge is 0.340 e. The molecule has 0 radical (unpaired) electrons. The van der Waals surface area contributed by atoms with E-state index in [1.165, 1.54) is 6.20 Å². The number of aromatic nitrogens is 2. The van der Waals surface area contributed by atoms with E-state index >= 15 is 0 Å². The Bertz CT molecular complexity index is 345. The van der Waals surface area contributed by atoms with Crippen molar-refractivity contribution >= 4 is 21.9 Å². The highest BCUT2D eigenvalue weighted by Crippen LogP contribution is 2.19. The Balaban J connectivity index is 2.82. The van der Waals surface area contributed by atoms with Gasteiger partial charge in [-0.3, -0.25) is 4.68 Å². The van der Waals surface area contributed by atoms with E-state index in [1.807, 2.05) is 0 Å². The summed E-state index contributed by atoms with van der Waals surface area (Å²) in [6.45, 7) is 5.02. The molecule has 0 fully saturated rings. The first-order valence-corrected chi connectivity index (χ1v) is 5.84. The van der Waals surface area contributed by atoms with E-state index in [0.29, 0.717) is 10.5 Å². The van der Waals surface area contributed by atoms with Gasteiger partial charge in [0.2, 0.25) is 0 Å². The normalized spacial score (nSPS) is 10.9. The van der Waals surface area contributed by atoms with E-state index in [4.69, 9.17) is 5.11 Å². The van der Waals surface area contributed by atoms with Crippen LogP contribution in [-0.4, -0.2) is 20.9 Å². The van der Waals surface area contributed by atoms with Gasteiger partial charge < -0.3 is 5.11 Å². The van der Waals surface area contributed by atoms with Gasteiger partial charge in [-0.25, -0.2) is 4.79 Å². The van der Waals surface area contributed by atoms with Gasteiger partial charge >= 0.3 is 5.97 Å². The summed E-state index contributed by atoms with van der Waals surface area (Å²) in [4.78, 5) is 10.8. The summed E-state index contributed by atoms with van der Waals surface area (Å²) in [5.41, 5.74) is 0.223. The van der Waals surface area contributed by atoms with Gasteiger partial charge in [0.1, 0.15) is 10.2 Å². The lowest BCUT2D eigenvalue weighted by Crippen LogP contribution is -2.11. The SMILES string of the molecule is CCC(CC)Cn1ncc(C(=O)O)c1Br. The van der Waals surface area contributed by atoms with E-state index in [2.05, 4.69) is 34.9 Å². The molecule has 5 heteroatoms. The molecule has 0 aliphatic rings. The van der Waals surface area contributed by atoms with Gasteiger partial charge in [-0.1, -0.05) is 26.7 Å². The second kappa shape index (κ2) is 5.30. The third-order valence-corrected chi connectivity index (χ3v) is 3.43. The maximum absolute atomic E-state index is 10.8. The zero-order valence-corrected chi connectivity index (χ0v) is 10.5. The molecule has 0 bridgehead atoms. The molecule has 1 N–H and O–H groups in total. The third-order valence-electron chi connectivity index (χ3n) is 2.59. The van der Waals surface area contributed by atoms with Crippen LogP contribution in [0.25, 0.3) is 0 Å². The summed E-state index contributed by atoms with van der Waals surface area (Å²) < 4.78 is 2.27. The molecule has 0 amide bonds. The fourth-order valence-electron chi connectivity index (χ4n) is 1.43. The van der Waals surface area contributed by atoms with Crippen LogP contribution in [0, 0.1) is 5.92 Å². The molecule has 0 aliphatic carbocycles. The van der Waals surface area contributed by atoms with Crippen LogP contribution in [0.1, 0.15) is 37.0 Å². The second-order valence-corrected chi connectivity index (χ2v) is 4.27. The average Bonchev–Trinajstić information content (AvgIpc) is 2.56. The van der Waals surface area contributed by atoms with E-state index in [9.17, 15) is 4.79 Å². The molecular weight excluding hydrogens is 260 g/mol. The van der Waals surface area contributed by atoms with Crippen LogP contribution in [-0.2, 0) is 6.54 Å². The van der Waals surface area contributed by atoms with Crippen LogP contribution in [0.5, 0.6) is 0 Å². The summed E-state index contributed by atoms with van der Waals surface area (Å²) in [7, 11) is 0. The molecule has 84 valence electrons. The minimum absolute atomic E-state index is 0.223. The Morgan fingerprint density at radius 1 is 1.60 bits per heavy atom. The van der Waals surface area contributed by atoms with Crippen molar-refractivity contribution in [3.05, 3.63) is 16.4 Å². The number of hydrogen-bond donors (Lipinski definition) is 1. The van der Waals surface area contributed by atoms with Crippen molar-refractivity contribution in [2.75, 3.05) is 0 Å². The van der Waals surface area contributed by atoms with Crippen molar-refractivity contribution < 1.29 is 9.90 Å². The maximum atomic E-state index is 10.8. The summed E-state index contributed by atoms with van der Waals surface area (Å²) >= 11 is 3.26. The highest BCUT2D eigenvalue weighted by atomic mass is 79.9. The van der Waals surface area contributed by atoms with Crippen molar-refractivity contribution in [1.29, 1.82) is 0 Å². The lowest BCUT2D eigenvalue weighted by atomic mass is 10.0. The lowest BCUT2D eigenvalue weighted by molar-refractivity contribution is 0.0695. The van der Waals surface area contributed by atoms with Gasteiger partial charge in [0.25, 0.3) is 0 Å². The summed E-state index contributed by atoms with van der Waals surface area (Å²) in [5.74, 6) is -0.402. The van der Waals surface area contributed by atoms with Gasteiger partial charge in [-0.2, -0.15) is 5.10 Å². The van der Waals surface area contributed by atoms with Gasteiger partial charge in [0.15, 0.2) is 0 Å². The fraction of sp³-hybridized carbons (Fsp3) is 0.600. The van der Waals surface area contributed by atoms with E-state index in [0.717, 1.165) is 19.4 Å². The largest absolute Gasteiger partial charge is 0.478 e.